The van der Waals surface area contributed by atoms with E-state index in [0.717, 1.165) is 45.7 Å². The van der Waals surface area contributed by atoms with E-state index in [1.807, 2.05) is 13.0 Å². The first-order valence-electron chi connectivity index (χ1n) is 7.91. The van der Waals surface area contributed by atoms with Crippen molar-refractivity contribution < 1.29 is 9.53 Å². The van der Waals surface area contributed by atoms with E-state index in [-0.39, 0.29) is 11.8 Å². The highest BCUT2D eigenvalue weighted by atomic mass is 16.5. The van der Waals surface area contributed by atoms with Crippen LogP contribution in [0.3, 0.4) is 0 Å². The molecule has 0 aliphatic carbocycles. The molecule has 0 bridgehead atoms. The average Bonchev–Trinajstić information content (AvgIpc) is 2.96. The van der Waals surface area contributed by atoms with Crippen LogP contribution in [0.15, 0.2) is 30.3 Å². The fourth-order valence-electron chi connectivity index (χ4n) is 2.71. The Morgan fingerprint density at radius 3 is 2.95 bits per heavy atom. The second-order valence-corrected chi connectivity index (χ2v) is 5.55. The third-order valence-corrected chi connectivity index (χ3v) is 3.86. The van der Waals surface area contributed by atoms with E-state index < -0.39 is 0 Å². The first-order valence-corrected chi connectivity index (χ1v) is 7.91. The molecule has 1 unspecified atom stereocenters. The molecule has 0 aromatic heterocycles. The molecule has 1 aromatic carbocycles. The minimum absolute atomic E-state index is 0.140. The Bertz CT molecular complexity index is 422. The molecule has 1 aromatic rings. The van der Waals surface area contributed by atoms with Crippen molar-refractivity contribution in [3.05, 3.63) is 35.9 Å². The van der Waals surface area contributed by atoms with Crippen LogP contribution in [-0.2, 0) is 16.1 Å². The van der Waals surface area contributed by atoms with Crippen molar-refractivity contribution in [2.75, 3.05) is 32.8 Å². The van der Waals surface area contributed by atoms with Gasteiger partial charge in [-0.25, -0.2) is 0 Å². The Kier molecular flexibility index (Phi) is 6.70. The second kappa shape index (κ2) is 8.80. The highest BCUT2D eigenvalue weighted by molar-refractivity contribution is 5.79. The number of nitrogens with one attached hydrogen (secondary N) is 1. The Hall–Kier alpha value is -1.39. The van der Waals surface area contributed by atoms with Gasteiger partial charge in [-0.1, -0.05) is 30.3 Å². The molecule has 1 atom stereocenters. The van der Waals surface area contributed by atoms with Crippen LogP contribution in [-0.4, -0.2) is 43.7 Å². The van der Waals surface area contributed by atoms with E-state index >= 15 is 0 Å². The predicted molar refractivity (Wildman–Crippen MR) is 83.9 cm³/mol. The van der Waals surface area contributed by atoms with Crippen LogP contribution in [0, 0.1) is 5.92 Å². The number of hydrogen-bond donors (Lipinski definition) is 1. The molecule has 4 heteroatoms. The number of nitrogens with zero attached hydrogens (tertiary/aromatic N) is 1. The predicted octanol–water partition coefficient (Wildman–Crippen LogP) is 2.05. The summed E-state index contributed by atoms with van der Waals surface area (Å²) in [5.74, 6) is 0.336. The van der Waals surface area contributed by atoms with Crippen LogP contribution in [0.4, 0.5) is 0 Å². The largest absolute Gasteiger partial charge is 0.382 e. The number of hydrogen-bond acceptors (Lipinski definition) is 3. The number of rotatable bonds is 8. The molecule has 1 aliphatic rings. The third-order valence-electron chi connectivity index (χ3n) is 3.86. The number of likely N-dealkylation sites (tertiary alicyclic amines) is 1. The van der Waals surface area contributed by atoms with Crippen molar-refractivity contribution in [3.63, 3.8) is 0 Å². The molecular formula is C17H26N2O2. The Morgan fingerprint density at radius 2 is 2.19 bits per heavy atom. The van der Waals surface area contributed by atoms with E-state index in [1.165, 1.54) is 5.56 Å². The quantitative estimate of drug-likeness (QED) is 0.745. The van der Waals surface area contributed by atoms with Gasteiger partial charge in [-0.3, -0.25) is 9.69 Å². The molecule has 0 spiro atoms. The van der Waals surface area contributed by atoms with Crippen LogP contribution in [0.25, 0.3) is 0 Å². The molecule has 1 amide bonds. The van der Waals surface area contributed by atoms with Gasteiger partial charge in [-0.2, -0.15) is 0 Å². The Labute approximate surface area is 127 Å². The Morgan fingerprint density at radius 1 is 1.38 bits per heavy atom. The van der Waals surface area contributed by atoms with E-state index in [9.17, 15) is 4.79 Å². The smallest absolute Gasteiger partial charge is 0.224 e. The third kappa shape index (κ3) is 5.48. The number of ether oxygens (including phenoxy) is 1. The van der Waals surface area contributed by atoms with Crippen LogP contribution in [0.5, 0.6) is 0 Å². The van der Waals surface area contributed by atoms with Gasteiger partial charge >= 0.3 is 0 Å². The maximum Gasteiger partial charge on any atom is 0.224 e. The van der Waals surface area contributed by atoms with Gasteiger partial charge in [0.05, 0.1) is 5.92 Å². The molecule has 1 fully saturated rings. The van der Waals surface area contributed by atoms with Crippen molar-refractivity contribution in [2.24, 2.45) is 5.92 Å². The first kappa shape index (κ1) is 16.0. The number of carbonyl (C=O) groups excluding carboxylic acids is 1. The molecule has 2 rings (SSSR count). The first-order chi connectivity index (χ1) is 10.3. The number of amides is 1. The minimum Gasteiger partial charge on any atom is -0.382 e. The zero-order valence-corrected chi connectivity index (χ0v) is 12.9. The zero-order valence-electron chi connectivity index (χ0n) is 12.9. The summed E-state index contributed by atoms with van der Waals surface area (Å²) in [7, 11) is 0. The van der Waals surface area contributed by atoms with Gasteiger partial charge in [-0.15, -0.1) is 0 Å². The lowest BCUT2D eigenvalue weighted by Gasteiger charge is -2.16. The Balaban J connectivity index is 1.66. The maximum atomic E-state index is 12.1. The summed E-state index contributed by atoms with van der Waals surface area (Å²) in [6, 6.07) is 10.4. The van der Waals surface area contributed by atoms with Crippen LogP contribution >= 0.6 is 0 Å². The molecule has 116 valence electrons. The molecule has 21 heavy (non-hydrogen) atoms. The van der Waals surface area contributed by atoms with Gasteiger partial charge in [0.2, 0.25) is 5.91 Å². The molecule has 1 N–H and O–H groups in total. The standard InChI is InChI=1S/C17H26N2O2/c1-2-21-12-6-10-18-17(20)16-9-11-19(14-16)13-15-7-4-3-5-8-15/h3-5,7-8,16H,2,6,9-14H2,1H3,(H,18,20). The minimum atomic E-state index is 0.140. The van der Waals surface area contributed by atoms with Crippen molar-refractivity contribution in [1.29, 1.82) is 0 Å². The van der Waals surface area contributed by atoms with Crippen LogP contribution in [0.2, 0.25) is 0 Å². The van der Waals surface area contributed by atoms with Gasteiger partial charge < -0.3 is 10.1 Å². The van der Waals surface area contributed by atoms with Gasteiger partial charge in [0.15, 0.2) is 0 Å². The normalized spacial score (nSPS) is 18.8. The molecule has 1 heterocycles. The molecule has 0 saturated carbocycles. The summed E-state index contributed by atoms with van der Waals surface area (Å²) in [6.07, 6.45) is 1.85. The SMILES string of the molecule is CCOCCCNC(=O)C1CCN(Cc2ccccc2)C1. The fraction of sp³-hybridized carbons (Fsp3) is 0.588. The van der Waals surface area contributed by atoms with Crippen LogP contribution < -0.4 is 5.32 Å². The van der Waals surface area contributed by atoms with Gasteiger partial charge in [0.25, 0.3) is 0 Å². The lowest BCUT2D eigenvalue weighted by Crippen LogP contribution is -2.33. The number of carbonyl (C=O) groups is 1. The fourth-order valence-corrected chi connectivity index (χ4v) is 2.71. The lowest BCUT2D eigenvalue weighted by atomic mass is 10.1. The van der Waals surface area contributed by atoms with Crippen molar-refractivity contribution in [1.82, 2.24) is 10.2 Å². The summed E-state index contributed by atoms with van der Waals surface area (Å²) in [5, 5.41) is 3.02. The van der Waals surface area contributed by atoms with Gasteiger partial charge in [0.1, 0.15) is 0 Å². The molecule has 1 aliphatic heterocycles. The maximum absolute atomic E-state index is 12.1. The zero-order chi connectivity index (χ0) is 14.9. The van der Waals surface area contributed by atoms with E-state index in [4.69, 9.17) is 4.74 Å². The van der Waals surface area contributed by atoms with Gasteiger partial charge in [0, 0.05) is 32.8 Å². The topological polar surface area (TPSA) is 41.6 Å². The van der Waals surface area contributed by atoms with Crippen molar-refractivity contribution in [3.8, 4) is 0 Å². The second-order valence-electron chi connectivity index (χ2n) is 5.55. The van der Waals surface area contributed by atoms with E-state index in [2.05, 4.69) is 34.5 Å². The van der Waals surface area contributed by atoms with Crippen molar-refractivity contribution >= 4 is 5.91 Å². The summed E-state index contributed by atoms with van der Waals surface area (Å²) in [6.45, 7) is 6.98. The monoisotopic (exact) mass is 290 g/mol. The van der Waals surface area contributed by atoms with Crippen LogP contribution in [0.1, 0.15) is 25.3 Å². The summed E-state index contributed by atoms with van der Waals surface area (Å²) >= 11 is 0. The van der Waals surface area contributed by atoms with Crippen molar-refractivity contribution in [2.45, 2.75) is 26.3 Å². The molecule has 0 radical (unpaired) electrons. The summed E-state index contributed by atoms with van der Waals surface area (Å²) < 4.78 is 5.26. The highest BCUT2D eigenvalue weighted by Crippen LogP contribution is 2.18. The molecule has 1 saturated heterocycles. The molecule has 4 nitrogen and oxygen atoms in total. The average molecular weight is 290 g/mol. The van der Waals surface area contributed by atoms with E-state index in [0.29, 0.717) is 6.54 Å². The number of benzene rings is 1. The summed E-state index contributed by atoms with van der Waals surface area (Å²) in [4.78, 5) is 14.5. The summed E-state index contributed by atoms with van der Waals surface area (Å²) in [5.41, 5.74) is 1.32. The molecular weight excluding hydrogens is 264 g/mol. The van der Waals surface area contributed by atoms with E-state index in [1.54, 1.807) is 0 Å². The lowest BCUT2D eigenvalue weighted by molar-refractivity contribution is -0.124. The van der Waals surface area contributed by atoms with Gasteiger partial charge in [-0.05, 0) is 31.9 Å². The highest BCUT2D eigenvalue weighted by Gasteiger charge is 2.27.